The predicted octanol–water partition coefficient (Wildman–Crippen LogP) is 1.56. The number of halogens is 2. The zero-order valence-electron chi connectivity index (χ0n) is 16.9. The molecular formula is C20H32FIN4O3. The molecule has 9 heteroatoms. The van der Waals surface area contributed by atoms with Crippen LogP contribution in [-0.4, -0.2) is 92.1 Å². The molecule has 2 unspecified atom stereocenters. The molecule has 29 heavy (non-hydrogen) atoms. The second-order valence-electron chi connectivity index (χ2n) is 7.15. The Bertz CT molecular complexity index is 629. The number of ether oxygens (including phenoxy) is 2. The first-order valence-corrected chi connectivity index (χ1v) is 10.1. The number of morpholine rings is 1. The van der Waals surface area contributed by atoms with Crippen LogP contribution in [0.3, 0.4) is 0 Å². The van der Waals surface area contributed by atoms with Gasteiger partial charge in [0.2, 0.25) is 0 Å². The number of benzene rings is 1. The summed E-state index contributed by atoms with van der Waals surface area (Å²) in [5.74, 6) is 1.05. The van der Waals surface area contributed by atoms with Crippen LogP contribution in [0.25, 0.3) is 0 Å². The predicted molar refractivity (Wildman–Crippen MR) is 122 cm³/mol. The molecule has 7 nitrogen and oxygen atoms in total. The van der Waals surface area contributed by atoms with Crippen molar-refractivity contribution >= 4 is 29.9 Å². The van der Waals surface area contributed by atoms with Crippen molar-refractivity contribution < 1.29 is 19.0 Å². The molecule has 0 bridgehead atoms. The molecule has 164 valence electrons. The number of guanidine groups is 1. The molecule has 2 N–H and O–H groups in total. The molecule has 2 atom stereocenters. The van der Waals surface area contributed by atoms with Crippen molar-refractivity contribution in [1.29, 1.82) is 0 Å². The number of hydrogen-bond acceptors (Lipinski definition) is 5. The van der Waals surface area contributed by atoms with Crippen LogP contribution in [0.5, 0.6) is 5.75 Å². The number of nitrogens with zero attached hydrogens (tertiary/aromatic N) is 3. The first-order chi connectivity index (χ1) is 13.7. The van der Waals surface area contributed by atoms with E-state index in [2.05, 4.69) is 20.1 Å². The second-order valence-corrected chi connectivity index (χ2v) is 7.15. The van der Waals surface area contributed by atoms with Crippen molar-refractivity contribution in [3.05, 3.63) is 30.1 Å². The monoisotopic (exact) mass is 522 g/mol. The van der Waals surface area contributed by atoms with E-state index in [9.17, 15) is 9.50 Å². The van der Waals surface area contributed by atoms with E-state index in [0.29, 0.717) is 11.8 Å². The fraction of sp³-hybridized carbons (Fsp3) is 0.650. The van der Waals surface area contributed by atoms with Gasteiger partial charge in [-0.25, -0.2) is 4.39 Å². The van der Waals surface area contributed by atoms with Gasteiger partial charge in [-0.2, -0.15) is 0 Å². The van der Waals surface area contributed by atoms with E-state index in [1.807, 2.05) is 6.92 Å². The summed E-state index contributed by atoms with van der Waals surface area (Å²) in [5.41, 5.74) is 0. The van der Waals surface area contributed by atoms with Gasteiger partial charge in [-0.05, 0) is 37.6 Å². The van der Waals surface area contributed by atoms with Crippen molar-refractivity contribution in [2.24, 2.45) is 4.99 Å². The first kappa shape index (κ1) is 24.1. The first-order valence-electron chi connectivity index (χ1n) is 10.1. The number of nitrogens with one attached hydrogen (secondary N) is 1. The smallest absolute Gasteiger partial charge is 0.194 e. The van der Waals surface area contributed by atoms with E-state index in [4.69, 9.17) is 9.47 Å². The Morgan fingerprint density at radius 2 is 2.03 bits per heavy atom. The third kappa shape index (κ3) is 7.54. The standard InChI is InChI=1S/C20H31FN4O3.HI/c1-2-22-20(25-8-7-17(14-25)24-9-11-27-12-10-24)23-13-18(26)15-28-19-5-3-16(21)4-6-19;/h3-6,17-18,26H,2,7-15H2,1H3,(H,22,23);1H. The lowest BCUT2D eigenvalue weighted by Crippen LogP contribution is -2.46. The molecule has 2 fully saturated rings. The highest BCUT2D eigenvalue weighted by molar-refractivity contribution is 14.0. The van der Waals surface area contributed by atoms with Gasteiger partial charge in [0.05, 0.1) is 19.8 Å². The van der Waals surface area contributed by atoms with Crippen LogP contribution in [0, 0.1) is 5.82 Å². The zero-order valence-corrected chi connectivity index (χ0v) is 19.3. The van der Waals surface area contributed by atoms with Gasteiger partial charge in [0, 0.05) is 38.8 Å². The molecule has 1 aromatic rings. The summed E-state index contributed by atoms with van der Waals surface area (Å²) in [6.07, 6.45) is 0.386. The van der Waals surface area contributed by atoms with E-state index in [1.54, 1.807) is 12.1 Å². The van der Waals surface area contributed by atoms with Gasteiger partial charge >= 0.3 is 0 Å². The fourth-order valence-corrected chi connectivity index (χ4v) is 3.57. The van der Waals surface area contributed by atoms with E-state index >= 15 is 0 Å². The van der Waals surface area contributed by atoms with Crippen molar-refractivity contribution in [2.45, 2.75) is 25.5 Å². The van der Waals surface area contributed by atoms with Crippen molar-refractivity contribution in [3.8, 4) is 5.75 Å². The number of rotatable bonds is 7. The number of hydrogen-bond donors (Lipinski definition) is 2. The van der Waals surface area contributed by atoms with Gasteiger partial charge < -0.3 is 24.8 Å². The normalized spacial score (nSPS) is 21.6. The van der Waals surface area contributed by atoms with E-state index in [-0.39, 0.29) is 42.9 Å². The topological polar surface area (TPSA) is 69.6 Å². The molecular weight excluding hydrogens is 490 g/mol. The lowest BCUT2D eigenvalue weighted by atomic mass is 10.2. The van der Waals surface area contributed by atoms with Crippen molar-refractivity contribution in [2.75, 3.05) is 59.1 Å². The number of aliphatic imine (C=N–C) groups is 1. The highest BCUT2D eigenvalue weighted by atomic mass is 127. The van der Waals surface area contributed by atoms with Crippen molar-refractivity contribution in [1.82, 2.24) is 15.1 Å². The third-order valence-electron chi connectivity index (χ3n) is 5.07. The highest BCUT2D eigenvalue weighted by Crippen LogP contribution is 2.17. The Balaban J connectivity index is 0.00000300. The third-order valence-corrected chi connectivity index (χ3v) is 5.07. The molecule has 2 saturated heterocycles. The average molecular weight is 522 g/mol. The highest BCUT2D eigenvalue weighted by Gasteiger charge is 2.30. The van der Waals surface area contributed by atoms with Crippen LogP contribution in [0.2, 0.25) is 0 Å². The molecule has 0 amide bonds. The molecule has 1 aromatic carbocycles. The Labute approximate surface area is 189 Å². The molecule has 2 aliphatic rings. The van der Waals surface area contributed by atoms with Crippen LogP contribution in [0.1, 0.15) is 13.3 Å². The second kappa shape index (κ2) is 12.5. The molecule has 0 aromatic heterocycles. The largest absolute Gasteiger partial charge is 0.491 e. The Hall–Kier alpha value is -1.17. The molecule has 2 heterocycles. The van der Waals surface area contributed by atoms with Gasteiger partial charge in [0.25, 0.3) is 0 Å². The van der Waals surface area contributed by atoms with Gasteiger partial charge in [0.1, 0.15) is 24.3 Å². The van der Waals surface area contributed by atoms with Crippen LogP contribution < -0.4 is 10.1 Å². The average Bonchev–Trinajstić information content (AvgIpc) is 3.21. The Kier molecular flexibility index (Phi) is 10.4. The molecule has 3 rings (SSSR count). The SMILES string of the molecule is CCNC(=NCC(O)COc1ccc(F)cc1)N1CCC(N2CCOCC2)C1.I. The van der Waals surface area contributed by atoms with Gasteiger partial charge in [0.15, 0.2) is 5.96 Å². The lowest BCUT2D eigenvalue weighted by molar-refractivity contribution is 0.0194. The minimum absolute atomic E-state index is 0. The van der Waals surface area contributed by atoms with Crippen LogP contribution in [-0.2, 0) is 4.74 Å². The summed E-state index contributed by atoms with van der Waals surface area (Å²) in [4.78, 5) is 9.36. The summed E-state index contributed by atoms with van der Waals surface area (Å²) < 4.78 is 23.9. The van der Waals surface area contributed by atoms with E-state index in [0.717, 1.165) is 58.3 Å². The van der Waals surface area contributed by atoms with Crippen LogP contribution >= 0.6 is 24.0 Å². The summed E-state index contributed by atoms with van der Waals surface area (Å²) in [6.45, 7) is 8.68. The fourth-order valence-electron chi connectivity index (χ4n) is 3.57. The molecule has 0 saturated carbocycles. The Morgan fingerprint density at radius 1 is 1.31 bits per heavy atom. The zero-order chi connectivity index (χ0) is 19.8. The van der Waals surface area contributed by atoms with Gasteiger partial charge in [-0.1, -0.05) is 0 Å². The van der Waals surface area contributed by atoms with Gasteiger partial charge in [-0.15, -0.1) is 24.0 Å². The summed E-state index contributed by atoms with van der Waals surface area (Å²) in [6, 6.07) is 6.29. The lowest BCUT2D eigenvalue weighted by Gasteiger charge is -2.32. The quantitative estimate of drug-likeness (QED) is 0.322. The summed E-state index contributed by atoms with van der Waals surface area (Å²) in [7, 11) is 0. The van der Waals surface area contributed by atoms with Gasteiger partial charge in [-0.3, -0.25) is 9.89 Å². The maximum atomic E-state index is 12.9. The van der Waals surface area contributed by atoms with Crippen LogP contribution in [0.15, 0.2) is 29.3 Å². The molecule has 0 radical (unpaired) electrons. The number of likely N-dealkylation sites (tertiary alicyclic amines) is 1. The van der Waals surface area contributed by atoms with E-state index < -0.39 is 6.10 Å². The maximum Gasteiger partial charge on any atom is 0.194 e. The molecule has 2 aliphatic heterocycles. The molecule has 0 aliphatic carbocycles. The number of aliphatic hydroxyl groups is 1. The summed E-state index contributed by atoms with van der Waals surface area (Å²) in [5, 5.41) is 13.5. The Morgan fingerprint density at radius 3 is 2.72 bits per heavy atom. The number of aliphatic hydroxyl groups excluding tert-OH is 1. The van der Waals surface area contributed by atoms with Crippen LogP contribution in [0.4, 0.5) is 4.39 Å². The van der Waals surface area contributed by atoms with Crippen molar-refractivity contribution in [3.63, 3.8) is 0 Å². The minimum Gasteiger partial charge on any atom is -0.491 e. The molecule has 0 spiro atoms. The minimum atomic E-state index is -0.726. The van der Waals surface area contributed by atoms with E-state index in [1.165, 1.54) is 12.1 Å². The summed E-state index contributed by atoms with van der Waals surface area (Å²) >= 11 is 0. The maximum absolute atomic E-state index is 12.9.